The Kier molecular flexibility index (Phi) is 4.70. The number of sulfonamides is 1. The summed E-state index contributed by atoms with van der Waals surface area (Å²) in [7, 11) is -3.43. The van der Waals surface area contributed by atoms with E-state index in [1.54, 1.807) is 28.6 Å². The Morgan fingerprint density at radius 3 is 2.26 bits per heavy atom. The van der Waals surface area contributed by atoms with Gasteiger partial charge in [0.05, 0.1) is 4.90 Å². The van der Waals surface area contributed by atoms with Gasteiger partial charge in [0.1, 0.15) is 5.82 Å². The van der Waals surface area contributed by atoms with Crippen molar-refractivity contribution in [3.63, 3.8) is 0 Å². The molecular weight excluding hydrogens is 378 g/mol. The molecule has 0 amide bonds. The fraction of sp³-hybridized carbons (Fsp3) is 0.312. The first-order valence-electron chi connectivity index (χ1n) is 7.41. The van der Waals surface area contributed by atoms with E-state index in [-0.39, 0.29) is 0 Å². The quantitative estimate of drug-likeness (QED) is 0.801. The number of aryl methyl sites for hydroxylation is 1. The van der Waals surface area contributed by atoms with Gasteiger partial charge in [0.15, 0.2) is 0 Å². The van der Waals surface area contributed by atoms with Crippen LogP contribution in [-0.4, -0.2) is 43.9 Å². The van der Waals surface area contributed by atoms with Gasteiger partial charge in [-0.25, -0.2) is 13.4 Å². The number of piperazine rings is 1. The van der Waals surface area contributed by atoms with Crippen LogP contribution in [0.15, 0.2) is 51.8 Å². The molecule has 0 unspecified atom stereocenters. The monoisotopic (exact) mass is 395 g/mol. The van der Waals surface area contributed by atoms with Gasteiger partial charge >= 0.3 is 0 Å². The second-order valence-corrected chi connectivity index (χ2v) is 8.34. The lowest BCUT2D eigenvalue weighted by Crippen LogP contribution is -2.48. The summed E-state index contributed by atoms with van der Waals surface area (Å²) < 4.78 is 27.8. The molecule has 1 aromatic heterocycles. The first kappa shape index (κ1) is 16.4. The smallest absolute Gasteiger partial charge is 0.243 e. The van der Waals surface area contributed by atoms with Gasteiger partial charge in [-0.1, -0.05) is 22.0 Å². The van der Waals surface area contributed by atoms with Gasteiger partial charge in [-0.15, -0.1) is 0 Å². The Balaban J connectivity index is 1.72. The number of rotatable bonds is 3. The average Bonchev–Trinajstić information content (AvgIpc) is 2.55. The van der Waals surface area contributed by atoms with Crippen LogP contribution in [0.5, 0.6) is 0 Å². The van der Waals surface area contributed by atoms with Crippen molar-refractivity contribution in [2.24, 2.45) is 0 Å². The molecule has 1 aliphatic rings. The van der Waals surface area contributed by atoms with Crippen molar-refractivity contribution < 1.29 is 8.42 Å². The minimum atomic E-state index is -3.43. The van der Waals surface area contributed by atoms with E-state index in [1.807, 2.05) is 25.1 Å². The highest BCUT2D eigenvalue weighted by atomic mass is 79.9. The summed E-state index contributed by atoms with van der Waals surface area (Å²) in [4.78, 5) is 6.97. The van der Waals surface area contributed by atoms with E-state index in [9.17, 15) is 8.42 Å². The molecule has 5 nitrogen and oxygen atoms in total. The second kappa shape index (κ2) is 6.59. The molecule has 0 bridgehead atoms. The summed E-state index contributed by atoms with van der Waals surface area (Å²) in [6, 6.07) is 12.7. The standard InChI is InChI=1S/C16H18BrN3O2S/c1-13-3-2-4-16(18-13)19-9-11-20(12-10-19)23(21,22)15-7-5-14(17)6-8-15/h2-8H,9-12H2,1H3. The van der Waals surface area contributed by atoms with Crippen molar-refractivity contribution in [1.82, 2.24) is 9.29 Å². The van der Waals surface area contributed by atoms with E-state index in [0.29, 0.717) is 31.1 Å². The maximum Gasteiger partial charge on any atom is 0.243 e. The second-order valence-electron chi connectivity index (χ2n) is 5.48. The molecule has 1 aromatic carbocycles. The lowest BCUT2D eigenvalue weighted by molar-refractivity contribution is 0.384. The van der Waals surface area contributed by atoms with Crippen molar-refractivity contribution in [1.29, 1.82) is 0 Å². The van der Waals surface area contributed by atoms with Crippen molar-refractivity contribution in [3.05, 3.63) is 52.6 Å². The third-order valence-corrected chi connectivity index (χ3v) is 6.33. The van der Waals surface area contributed by atoms with Crippen molar-refractivity contribution >= 4 is 31.8 Å². The highest BCUT2D eigenvalue weighted by Crippen LogP contribution is 2.21. The molecule has 23 heavy (non-hydrogen) atoms. The maximum atomic E-state index is 12.7. The largest absolute Gasteiger partial charge is 0.354 e. The molecule has 0 radical (unpaired) electrons. The zero-order chi connectivity index (χ0) is 16.4. The molecule has 2 aromatic rings. The number of benzene rings is 1. The third kappa shape index (κ3) is 3.57. The van der Waals surface area contributed by atoms with Gasteiger partial charge < -0.3 is 4.90 Å². The molecule has 0 N–H and O–H groups in total. The van der Waals surface area contributed by atoms with Gasteiger partial charge in [-0.05, 0) is 43.3 Å². The summed E-state index contributed by atoms with van der Waals surface area (Å²) >= 11 is 3.33. The van der Waals surface area contributed by atoms with Crippen molar-refractivity contribution in [3.8, 4) is 0 Å². The predicted molar refractivity (Wildman–Crippen MR) is 94.1 cm³/mol. The van der Waals surface area contributed by atoms with Crippen LogP contribution in [0, 0.1) is 6.92 Å². The molecule has 122 valence electrons. The fourth-order valence-corrected chi connectivity index (χ4v) is 4.30. The maximum absolute atomic E-state index is 12.7. The topological polar surface area (TPSA) is 53.5 Å². The van der Waals surface area contributed by atoms with Crippen LogP contribution in [0.2, 0.25) is 0 Å². The molecule has 0 saturated carbocycles. The Labute approximate surface area is 145 Å². The van der Waals surface area contributed by atoms with Crippen LogP contribution in [0.4, 0.5) is 5.82 Å². The molecule has 1 aliphatic heterocycles. The molecule has 1 saturated heterocycles. The minimum absolute atomic E-state index is 0.336. The number of nitrogens with zero attached hydrogens (tertiary/aromatic N) is 3. The Bertz CT molecular complexity index is 785. The van der Waals surface area contributed by atoms with E-state index in [4.69, 9.17) is 0 Å². The number of pyridine rings is 1. The van der Waals surface area contributed by atoms with Crippen LogP contribution in [0.1, 0.15) is 5.69 Å². The van der Waals surface area contributed by atoms with Gasteiger partial charge in [0, 0.05) is 36.3 Å². The lowest BCUT2D eigenvalue weighted by Gasteiger charge is -2.34. The van der Waals surface area contributed by atoms with Crippen LogP contribution in [-0.2, 0) is 10.0 Å². The van der Waals surface area contributed by atoms with E-state index < -0.39 is 10.0 Å². The first-order valence-corrected chi connectivity index (χ1v) is 9.64. The first-order chi connectivity index (χ1) is 11.0. The molecule has 3 rings (SSSR count). The molecule has 0 aliphatic carbocycles. The van der Waals surface area contributed by atoms with Crippen LogP contribution >= 0.6 is 15.9 Å². The predicted octanol–water partition coefficient (Wildman–Crippen LogP) is 2.66. The van der Waals surface area contributed by atoms with Crippen molar-refractivity contribution in [2.45, 2.75) is 11.8 Å². The number of halogens is 1. The molecular formula is C16H18BrN3O2S. The zero-order valence-electron chi connectivity index (χ0n) is 12.8. The zero-order valence-corrected chi connectivity index (χ0v) is 15.2. The fourth-order valence-electron chi connectivity index (χ4n) is 2.62. The van der Waals surface area contributed by atoms with Gasteiger partial charge in [-0.2, -0.15) is 4.31 Å². The Morgan fingerprint density at radius 2 is 1.65 bits per heavy atom. The van der Waals surface area contributed by atoms with Gasteiger partial charge in [-0.3, -0.25) is 0 Å². The van der Waals surface area contributed by atoms with E-state index >= 15 is 0 Å². The normalized spacial score (nSPS) is 16.5. The number of hydrogen-bond donors (Lipinski definition) is 0. The highest BCUT2D eigenvalue weighted by molar-refractivity contribution is 9.10. The highest BCUT2D eigenvalue weighted by Gasteiger charge is 2.28. The van der Waals surface area contributed by atoms with Crippen LogP contribution in [0.25, 0.3) is 0 Å². The average molecular weight is 396 g/mol. The number of anilines is 1. The Hall–Kier alpha value is -1.44. The number of aromatic nitrogens is 1. The van der Waals surface area contributed by atoms with E-state index in [0.717, 1.165) is 16.0 Å². The summed E-state index contributed by atoms with van der Waals surface area (Å²) in [5, 5.41) is 0. The Morgan fingerprint density at radius 1 is 1.00 bits per heavy atom. The van der Waals surface area contributed by atoms with E-state index in [1.165, 1.54) is 0 Å². The SMILES string of the molecule is Cc1cccc(N2CCN(S(=O)(=O)c3ccc(Br)cc3)CC2)n1. The molecule has 2 heterocycles. The molecule has 0 atom stereocenters. The lowest BCUT2D eigenvalue weighted by atomic mass is 10.3. The third-order valence-electron chi connectivity index (χ3n) is 3.89. The van der Waals surface area contributed by atoms with Crippen LogP contribution in [0.3, 0.4) is 0 Å². The summed E-state index contributed by atoms with van der Waals surface area (Å²) in [5.41, 5.74) is 0.965. The molecule has 7 heteroatoms. The van der Waals surface area contributed by atoms with Crippen LogP contribution < -0.4 is 4.90 Å². The van der Waals surface area contributed by atoms with Gasteiger partial charge in [0.2, 0.25) is 10.0 Å². The summed E-state index contributed by atoms with van der Waals surface area (Å²) in [5.74, 6) is 0.908. The number of hydrogen-bond acceptors (Lipinski definition) is 4. The molecule has 0 spiro atoms. The molecule has 1 fully saturated rings. The van der Waals surface area contributed by atoms with Gasteiger partial charge in [0.25, 0.3) is 0 Å². The van der Waals surface area contributed by atoms with Crippen molar-refractivity contribution in [2.75, 3.05) is 31.1 Å². The summed E-state index contributed by atoms with van der Waals surface area (Å²) in [6.45, 7) is 4.18. The summed E-state index contributed by atoms with van der Waals surface area (Å²) in [6.07, 6.45) is 0. The minimum Gasteiger partial charge on any atom is -0.354 e. The van der Waals surface area contributed by atoms with E-state index in [2.05, 4.69) is 25.8 Å².